The Morgan fingerprint density at radius 3 is 2.56 bits per heavy atom. The number of anilines is 1. The first-order valence-electron chi connectivity index (χ1n) is 11.2. The van der Waals surface area contributed by atoms with E-state index in [1.165, 1.54) is 6.20 Å². The Kier molecular flexibility index (Phi) is 7.24. The second-order valence-corrected chi connectivity index (χ2v) is 10.2. The summed E-state index contributed by atoms with van der Waals surface area (Å²) in [5.41, 5.74) is 1.36. The fraction of sp³-hybridized carbons (Fsp3) is 0.480. The Morgan fingerprint density at radius 1 is 1.18 bits per heavy atom. The number of nitrogens with one attached hydrogen (secondary N) is 2. The van der Waals surface area contributed by atoms with Gasteiger partial charge in [0.1, 0.15) is 36.1 Å². The number of pyridine rings is 1. The molecule has 0 bridgehead atoms. The number of rotatable bonds is 7. The molecule has 1 aromatic carbocycles. The molecule has 0 radical (unpaired) electrons. The van der Waals surface area contributed by atoms with Crippen molar-refractivity contribution >= 4 is 18.0 Å². The molecule has 1 atom stereocenters. The van der Waals surface area contributed by atoms with Crippen LogP contribution in [0, 0.1) is 5.92 Å². The van der Waals surface area contributed by atoms with Crippen LogP contribution in [0.1, 0.15) is 53.5 Å². The van der Waals surface area contributed by atoms with E-state index >= 15 is 0 Å². The molecule has 0 fully saturated rings. The fourth-order valence-corrected chi connectivity index (χ4v) is 3.98. The Bertz CT molecular complexity index is 1060. The molecule has 1 aliphatic heterocycles. The molecule has 0 saturated carbocycles. The van der Waals surface area contributed by atoms with E-state index in [0.717, 1.165) is 16.7 Å². The molecule has 0 saturated heterocycles. The highest BCUT2D eigenvalue weighted by Crippen LogP contribution is 2.39. The van der Waals surface area contributed by atoms with E-state index in [2.05, 4.69) is 29.5 Å². The molecule has 184 valence electrons. The van der Waals surface area contributed by atoms with Gasteiger partial charge in [0, 0.05) is 11.1 Å². The number of carboxylic acid groups (broad SMARTS) is 1. The highest BCUT2D eigenvalue weighted by atomic mass is 16.6. The van der Waals surface area contributed by atoms with Crippen molar-refractivity contribution in [1.82, 2.24) is 10.3 Å². The molecule has 9 nitrogen and oxygen atoms in total. The number of nitrogens with zero attached hydrogens (tertiary/aromatic N) is 1. The standard InChI is InChI=1S/C25H33N3O6/c1-15(2)11-25(6,28-23(31)34-24(3,4)5)14-33-17-7-8-18-16(9-17)13-32-20-12-26-21(10-19(18)20)27-22(29)30/h7-10,12,15H,11,13-14H2,1-6H3,(H,26,27)(H,28,31)(H,29,30). The second kappa shape index (κ2) is 9.79. The van der Waals surface area contributed by atoms with E-state index in [1.807, 2.05) is 45.9 Å². The lowest BCUT2D eigenvalue weighted by Crippen LogP contribution is -2.52. The second-order valence-electron chi connectivity index (χ2n) is 10.2. The van der Waals surface area contributed by atoms with Crippen LogP contribution in [0.25, 0.3) is 11.1 Å². The molecule has 3 rings (SSSR count). The number of amides is 2. The van der Waals surface area contributed by atoms with Gasteiger partial charge in [-0.1, -0.05) is 19.9 Å². The fourth-order valence-electron chi connectivity index (χ4n) is 3.98. The minimum atomic E-state index is -1.18. The Labute approximate surface area is 199 Å². The van der Waals surface area contributed by atoms with Crippen molar-refractivity contribution in [1.29, 1.82) is 0 Å². The van der Waals surface area contributed by atoms with Crippen LogP contribution in [0.5, 0.6) is 11.5 Å². The summed E-state index contributed by atoms with van der Waals surface area (Å²) in [5.74, 6) is 1.78. The summed E-state index contributed by atoms with van der Waals surface area (Å²) in [6, 6.07) is 7.30. The Hall–Kier alpha value is -3.49. The molecule has 2 amide bonds. The molecule has 2 heterocycles. The highest BCUT2D eigenvalue weighted by molar-refractivity contribution is 5.84. The number of fused-ring (bicyclic) bond motifs is 3. The number of hydrogen-bond donors (Lipinski definition) is 3. The quantitative estimate of drug-likeness (QED) is 0.492. The van der Waals surface area contributed by atoms with Gasteiger partial charge < -0.3 is 24.6 Å². The first kappa shape index (κ1) is 25.1. The third kappa shape index (κ3) is 6.76. The molecule has 1 unspecified atom stereocenters. The van der Waals surface area contributed by atoms with Crippen molar-refractivity contribution in [2.24, 2.45) is 5.92 Å². The van der Waals surface area contributed by atoms with E-state index < -0.39 is 23.3 Å². The van der Waals surface area contributed by atoms with Crippen LogP contribution in [0.15, 0.2) is 30.5 Å². The maximum atomic E-state index is 12.4. The topological polar surface area (TPSA) is 119 Å². The first-order valence-corrected chi connectivity index (χ1v) is 11.2. The lowest BCUT2D eigenvalue weighted by atomic mass is 9.91. The van der Waals surface area contributed by atoms with Crippen LogP contribution in [0.3, 0.4) is 0 Å². The summed E-state index contributed by atoms with van der Waals surface area (Å²) >= 11 is 0. The average molecular weight is 472 g/mol. The molecule has 0 aliphatic carbocycles. The zero-order valence-electron chi connectivity index (χ0n) is 20.5. The summed E-state index contributed by atoms with van der Waals surface area (Å²) < 4.78 is 17.3. The zero-order chi connectivity index (χ0) is 25.1. The van der Waals surface area contributed by atoms with Crippen LogP contribution < -0.4 is 20.1 Å². The Balaban J connectivity index is 1.76. The number of alkyl carbamates (subject to hydrolysis) is 1. The predicted molar refractivity (Wildman–Crippen MR) is 128 cm³/mol. The van der Waals surface area contributed by atoms with Crippen molar-refractivity contribution in [2.45, 2.75) is 65.7 Å². The van der Waals surface area contributed by atoms with Gasteiger partial charge >= 0.3 is 12.2 Å². The largest absolute Gasteiger partial charge is 0.491 e. The predicted octanol–water partition coefficient (Wildman–Crippen LogP) is 5.44. The molecule has 34 heavy (non-hydrogen) atoms. The van der Waals surface area contributed by atoms with Crippen molar-refractivity contribution < 1.29 is 28.9 Å². The normalized spacial score (nSPS) is 14.2. The number of ether oxygens (including phenoxy) is 3. The number of carbonyl (C=O) groups excluding carboxylic acids is 1. The summed E-state index contributed by atoms with van der Waals surface area (Å²) in [5, 5.41) is 14.2. The third-order valence-corrected chi connectivity index (χ3v) is 5.07. The lowest BCUT2D eigenvalue weighted by molar-refractivity contribution is 0.0408. The van der Waals surface area contributed by atoms with Gasteiger partial charge in [-0.05, 0) is 63.8 Å². The monoisotopic (exact) mass is 471 g/mol. The molecule has 3 N–H and O–H groups in total. The van der Waals surface area contributed by atoms with Crippen LogP contribution in [-0.4, -0.2) is 40.0 Å². The summed E-state index contributed by atoms with van der Waals surface area (Å²) in [4.78, 5) is 27.4. The van der Waals surface area contributed by atoms with E-state index in [4.69, 9.17) is 19.3 Å². The SMILES string of the molecule is CC(C)CC(C)(COc1ccc2c(c1)COc1cnc(NC(=O)O)cc1-2)NC(=O)OC(C)(C)C. The highest BCUT2D eigenvalue weighted by Gasteiger charge is 2.31. The van der Waals surface area contributed by atoms with Gasteiger partial charge in [-0.15, -0.1) is 0 Å². The number of aromatic nitrogens is 1. The molecule has 1 aliphatic rings. The van der Waals surface area contributed by atoms with Gasteiger partial charge in [-0.25, -0.2) is 14.6 Å². The summed E-state index contributed by atoms with van der Waals surface area (Å²) in [6.45, 7) is 12.2. The minimum Gasteiger partial charge on any atom is -0.491 e. The van der Waals surface area contributed by atoms with Crippen molar-refractivity contribution in [3.63, 3.8) is 0 Å². The van der Waals surface area contributed by atoms with Crippen molar-refractivity contribution in [3.05, 3.63) is 36.0 Å². The van der Waals surface area contributed by atoms with Crippen LogP contribution in [0.4, 0.5) is 15.4 Å². The Morgan fingerprint density at radius 2 is 1.91 bits per heavy atom. The summed E-state index contributed by atoms with van der Waals surface area (Å²) in [7, 11) is 0. The molecular weight excluding hydrogens is 438 g/mol. The average Bonchev–Trinajstić information content (AvgIpc) is 2.69. The zero-order valence-corrected chi connectivity index (χ0v) is 20.5. The number of benzene rings is 1. The molecule has 9 heteroatoms. The van der Waals surface area contributed by atoms with Crippen LogP contribution in [0.2, 0.25) is 0 Å². The maximum absolute atomic E-state index is 12.4. The molecule has 0 spiro atoms. The number of carbonyl (C=O) groups is 2. The first-order chi connectivity index (χ1) is 15.8. The van der Waals surface area contributed by atoms with Gasteiger partial charge in [-0.2, -0.15) is 0 Å². The lowest BCUT2D eigenvalue weighted by Gasteiger charge is -2.33. The molecular formula is C25H33N3O6. The number of hydrogen-bond acceptors (Lipinski definition) is 6. The van der Waals surface area contributed by atoms with Gasteiger partial charge in [-0.3, -0.25) is 5.32 Å². The van der Waals surface area contributed by atoms with Crippen LogP contribution in [-0.2, 0) is 11.3 Å². The maximum Gasteiger partial charge on any atom is 0.410 e. The van der Waals surface area contributed by atoms with E-state index in [1.54, 1.807) is 6.07 Å². The third-order valence-electron chi connectivity index (χ3n) is 5.07. The molecule has 1 aromatic heterocycles. The van der Waals surface area contributed by atoms with Crippen LogP contribution >= 0.6 is 0 Å². The van der Waals surface area contributed by atoms with Gasteiger partial charge in [0.05, 0.1) is 11.7 Å². The van der Waals surface area contributed by atoms with Gasteiger partial charge in [0.2, 0.25) is 0 Å². The van der Waals surface area contributed by atoms with E-state index in [0.29, 0.717) is 30.4 Å². The van der Waals surface area contributed by atoms with E-state index in [-0.39, 0.29) is 12.4 Å². The minimum absolute atomic E-state index is 0.223. The van der Waals surface area contributed by atoms with Crippen molar-refractivity contribution in [2.75, 3.05) is 11.9 Å². The smallest absolute Gasteiger partial charge is 0.410 e. The van der Waals surface area contributed by atoms with Gasteiger partial charge in [0.25, 0.3) is 0 Å². The van der Waals surface area contributed by atoms with Gasteiger partial charge in [0.15, 0.2) is 0 Å². The summed E-state index contributed by atoms with van der Waals surface area (Å²) in [6.07, 6.45) is 0.555. The van der Waals surface area contributed by atoms with E-state index in [9.17, 15) is 9.59 Å². The molecule has 2 aromatic rings. The van der Waals surface area contributed by atoms with Crippen molar-refractivity contribution in [3.8, 4) is 22.6 Å².